The molecule has 0 bridgehead atoms. The van der Waals surface area contributed by atoms with Crippen LogP contribution in [0.4, 0.5) is 0 Å². The maximum atomic E-state index is 15.2. The van der Waals surface area contributed by atoms with Gasteiger partial charge < -0.3 is 0 Å². The van der Waals surface area contributed by atoms with Gasteiger partial charge in [0.2, 0.25) is 7.29 Å². The second kappa shape index (κ2) is 11.5. The lowest BCUT2D eigenvalue weighted by Crippen LogP contribution is -2.40. The molecule has 0 N–H and O–H groups in total. The second-order valence-corrected chi connectivity index (χ2v) is 15.0. The van der Waals surface area contributed by atoms with Gasteiger partial charge >= 0.3 is 0 Å². The summed E-state index contributed by atoms with van der Waals surface area (Å²) in [6, 6.07) is 19.3. The lowest BCUT2D eigenvalue weighted by atomic mass is 9.99. The van der Waals surface area contributed by atoms with Crippen molar-refractivity contribution >= 4 is 31.1 Å². The van der Waals surface area contributed by atoms with E-state index in [0.29, 0.717) is 0 Å². The van der Waals surface area contributed by atoms with Crippen LogP contribution in [0.15, 0.2) is 54.6 Å². The Morgan fingerprint density at radius 2 is 1.25 bits per heavy atom. The molecular formula is C28H41NOP2. The van der Waals surface area contributed by atoms with Gasteiger partial charge in [0.25, 0.3) is 0 Å². The van der Waals surface area contributed by atoms with Crippen LogP contribution in [0.25, 0.3) is 0 Å². The van der Waals surface area contributed by atoms with Crippen molar-refractivity contribution in [2.24, 2.45) is 0 Å². The summed E-state index contributed by atoms with van der Waals surface area (Å²) in [5, 5.41) is 3.62. The monoisotopic (exact) mass is 469 g/mol. The molecule has 0 aromatic heterocycles. The predicted molar refractivity (Wildman–Crippen MR) is 143 cm³/mol. The zero-order valence-corrected chi connectivity index (χ0v) is 21.9. The molecule has 2 aromatic carbocycles. The lowest BCUT2D eigenvalue weighted by molar-refractivity contribution is 0.458. The molecule has 2 saturated carbocycles. The molecule has 2 aliphatic rings. The smallest absolute Gasteiger partial charge is 0.207 e. The molecule has 2 nitrogen and oxygen atoms in total. The van der Waals surface area contributed by atoms with Gasteiger partial charge in [-0.05, 0) is 60.5 Å². The van der Waals surface area contributed by atoms with E-state index in [4.69, 9.17) is 0 Å². The van der Waals surface area contributed by atoms with Gasteiger partial charge in [-0.1, -0.05) is 96.7 Å². The number of rotatable bonds is 8. The van der Waals surface area contributed by atoms with Crippen molar-refractivity contribution in [3.8, 4) is 0 Å². The number of nitrogens with zero attached hydrogens (tertiary/aromatic N) is 1. The first-order valence-electron chi connectivity index (χ1n) is 13.0. The van der Waals surface area contributed by atoms with E-state index in [-0.39, 0.29) is 7.92 Å². The van der Waals surface area contributed by atoms with Crippen molar-refractivity contribution in [2.45, 2.75) is 89.4 Å². The van der Waals surface area contributed by atoms with Crippen LogP contribution < -0.4 is 15.9 Å². The molecule has 32 heavy (non-hydrogen) atoms. The van der Waals surface area contributed by atoms with Crippen molar-refractivity contribution < 1.29 is 4.57 Å². The van der Waals surface area contributed by atoms with Gasteiger partial charge in [0.05, 0.1) is 0 Å². The van der Waals surface area contributed by atoms with E-state index in [1.807, 2.05) is 6.07 Å². The minimum Gasteiger partial charge on any atom is -0.296 e. The van der Waals surface area contributed by atoms with E-state index in [2.05, 4.69) is 67.0 Å². The van der Waals surface area contributed by atoms with Crippen molar-refractivity contribution in [3.05, 3.63) is 54.6 Å². The van der Waals surface area contributed by atoms with Crippen molar-refractivity contribution in [1.29, 1.82) is 0 Å². The largest absolute Gasteiger partial charge is 0.296 e. The zero-order chi connectivity index (χ0) is 22.4. The van der Waals surface area contributed by atoms with Gasteiger partial charge in [0, 0.05) is 23.7 Å². The highest BCUT2D eigenvalue weighted by Crippen LogP contribution is 2.57. The molecule has 0 spiro atoms. The molecule has 2 fully saturated rings. The summed E-state index contributed by atoms with van der Waals surface area (Å²) in [5.74, 6) is 0. The van der Waals surface area contributed by atoms with E-state index in [0.717, 1.165) is 35.0 Å². The third kappa shape index (κ3) is 4.94. The van der Waals surface area contributed by atoms with Crippen molar-refractivity contribution in [2.75, 3.05) is 13.1 Å². The standard InChI is InChI=1S/C28H41NOP2/c1-3-29(4-2)32(30,26-20-12-7-13-21-26)28-23-15-14-22-27(28)31(24-16-8-5-9-17-24)25-18-10-6-11-19-25/h7,12-15,20-25H,3-6,8-11,16-19H2,1-2H3. The number of hydrogen-bond donors (Lipinski definition) is 0. The zero-order valence-electron chi connectivity index (χ0n) is 20.1. The maximum Gasteiger partial charge on any atom is 0.207 e. The normalized spacial score (nSPS) is 20.5. The second-order valence-electron chi connectivity index (χ2n) is 9.53. The fraction of sp³-hybridized carbons (Fsp3) is 0.571. The summed E-state index contributed by atoms with van der Waals surface area (Å²) in [4.78, 5) is 0. The third-order valence-electron chi connectivity index (χ3n) is 7.66. The van der Waals surface area contributed by atoms with Crippen LogP contribution >= 0.6 is 15.2 Å². The highest BCUT2D eigenvalue weighted by molar-refractivity contribution is 7.79. The van der Waals surface area contributed by atoms with Gasteiger partial charge in [0.1, 0.15) is 0 Å². The van der Waals surface area contributed by atoms with Crippen LogP contribution in [0.3, 0.4) is 0 Å². The maximum absolute atomic E-state index is 15.2. The van der Waals surface area contributed by atoms with Gasteiger partial charge in [-0.15, -0.1) is 0 Å². The first-order chi connectivity index (χ1) is 15.7. The Morgan fingerprint density at radius 3 is 1.78 bits per heavy atom. The summed E-state index contributed by atoms with van der Waals surface area (Å²) in [6.07, 6.45) is 13.8. The molecule has 2 aromatic rings. The van der Waals surface area contributed by atoms with Crippen LogP contribution in [0, 0.1) is 0 Å². The Kier molecular flexibility index (Phi) is 8.67. The topological polar surface area (TPSA) is 20.3 Å². The van der Waals surface area contributed by atoms with Crippen LogP contribution in [-0.4, -0.2) is 29.1 Å². The van der Waals surface area contributed by atoms with E-state index in [1.165, 1.54) is 69.5 Å². The molecular weight excluding hydrogens is 428 g/mol. The summed E-state index contributed by atoms with van der Waals surface area (Å²) in [7, 11) is -3.18. The predicted octanol–water partition coefficient (Wildman–Crippen LogP) is 7.03. The lowest BCUT2D eigenvalue weighted by Gasteiger charge is -2.41. The summed E-state index contributed by atoms with van der Waals surface area (Å²) in [5.41, 5.74) is 1.62. The van der Waals surface area contributed by atoms with Gasteiger partial charge in [-0.25, -0.2) is 4.67 Å². The molecule has 2 aliphatic carbocycles. The number of benzene rings is 2. The average Bonchev–Trinajstić information content (AvgIpc) is 2.87. The minimum absolute atomic E-state index is 0.301. The molecule has 0 saturated heterocycles. The van der Waals surface area contributed by atoms with E-state index in [9.17, 15) is 0 Å². The van der Waals surface area contributed by atoms with Crippen molar-refractivity contribution in [1.82, 2.24) is 4.67 Å². The quantitative estimate of drug-likeness (QED) is 0.387. The van der Waals surface area contributed by atoms with E-state index < -0.39 is 7.29 Å². The summed E-state index contributed by atoms with van der Waals surface area (Å²) in [6.45, 7) is 5.93. The average molecular weight is 470 g/mol. The molecule has 4 heteroatoms. The summed E-state index contributed by atoms with van der Waals surface area (Å²) < 4.78 is 17.5. The molecule has 0 aliphatic heterocycles. The van der Waals surface area contributed by atoms with E-state index in [1.54, 1.807) is 0 Å². The Hall–Kier alpha value is -0.940. The molecule has 4 rings (SSSR count). The van der Waals surface area contributed by atoms with Crippen LogP contribution in [0.1, 0.15) is 78.1 Å². The third-order valence-corrected chi connectivity index (χ3v) is 14.8. The highest BCUT2D eigenvalue weighted by Gasteiger charge is 2.40. The van der Waals surface area contributed by atoms with E-state index >= 15 is 4.57 Å². The van der Waals surface area contributed by atoms with Crippen LogP contribution in [0.2, 0.25) is 0 Å². The van der Waals surface area contributed by atoms with Gasteiger partial charge in [-0.3, -0.25) is 4.57 Å². The molecule has 0 heterocycles. The summed E-state index contributed by atoms with van der Waals surface area (Å²) >= 11 is 0. The molecule has 0 amide bonds. The SMILES string of the molecule is CCN(CC)P(=O)(c1ccccc1)c1ccccc1P(C1CCCCC1)C1CCCCC1. The molecule has 174 valence electrons. The van der Waals surface area contributed by atoms with Crippen molar-refractivity contribution in [3.63, 3.8) is 0 Å². The molecule has 1 unspecified atom stereocenters. The first kappa shape index (κ1) is 24.2. The Bertz CT molecular complexity index is 865. The Morgan fingerprint density at radius 1 is 0.750 bits per heavy atom. The van der Waals surface area contributed by atoms with Gasteiger partial charge in [-0.2, -0.15) is 0 Å². The first-order valence-corrected chi connectivity index (χ1v) is 16.1. The van der Waals surface area contributed by atoms with Crippen LogP contribution in [0.5, 0.6) is 0 Å². The molecule has 0 radical (unpaired) electrons. The Balaban J connectivity index is 1.86. The fourth-order valence-corrected chi connectivity index (χ4v) is 13.6. The number of hydrogen-bond acceptors (Lipinski definition) is 1. The Labute approximate surface area is 197 Å². The van der Waals surface area contributed by atoms with Crippen LogP contribution in [-0.2, 0) is 4.57 Å². The minimum atomic E-state index is -2.88. The highest BCUT2D eigenvalue weighted by atomic mass is 31.2. The van der Waals surface area contributed by atoms with Gasteiger partial charge in [0.15, 0.2) is 0 Å². The molecule has 1 atom stereocenters. The fourth-order valence-electron chi connectivity index (χ4n) is 6.06.